The maximum absolute atomic E-state index is 12.0. The third-order valence-electron chi connectivity index (χ3n) is 2.14. The van der Waals surface area contributed by atoms with Crippen LogP contribution in [0.4, 0.5) is 0 Å². The molecule has 1 aromatic carbocycles. The van der Waals surface area contributed by atoms with Gasteiger partial charge in [-0.15, -0.1) is 0 Å². The summed E-state index contributed by atoms with van der Waals surface area (Å²) in [6.07, 6.45) is 0. The van der Waals surface area contributed by atoms with Gasteiger partial charge in [-0.25, -0.2) is 0 Å². The first-order valence-corrected chi connectivity index (χ1v) is 6.29. The van der Waals surface area contributed by atoms with E-state index in [-0.39, 0.29) is 5.91 Å². The smallest absolute Gasteiger partial charge is 0.251 e. The monoisotopic (exact) mass is 319 g/mol. The second-order valence-electron chi connectivity index (χ2n) is 4.40. The number of hydrogen-bond acceptors (Lipinski definition) is 2. The highest BCUT2D eigenvalue weighted by molar-refractivity contribution is 9.10. The summed E-state index contributed by atoms with van der Waals surface area (Å²) in [6, 6.07) is 5.10. The average Bonchev–Trinajstić information content (AvgIpc) is 2.21. The van der Waals surface area contributed by atoms with Crippen LogP contribution in [0.1, 0.15) is 24.2 Å². The quantitative estimate of drug-likeness (QED) is 0.925. The molecule has 0 heterocycles. The fraction of sp³-hybridized carbons (Fsp3) is 0.417. The van der Waals surface area contributed by atoms with Crippen LogP contribution in [-0.2, 0) is 4.74 Å². The second kappa shape index (κ2) is 5.85. The van der Waals surface area contributed by atoms with E-state index in [0.29, 0.717) is 17.2 Å². The van der Waals surface area contributed by atoms with Gasteiger partial charge in [0.2, 0.25) is 0 Å². The lowest BCUT2D eigenvalue weighted by atomic mass is 10.1. The minimum absolute atomic E-state index is 0.165. The molecule has 17 heavy (non-hydrogen) atoms. The van der Waals surface area contributed by atoms with Gasteiger partial charge in [0.1, 0.15) is 0 Å². The molecule has 3 nitrogen and oxygen atoms in total. The molecular weight excluding hydrogens is 305 g/mol. The number of amides is 1. The van der Waals surface area contributed by atoms with E-state index in [0.717, 1.165) is 4.47 Å². The van der Waals surface area contributed by atoms with Crippen molar-refractivity contribution in [2.24, 2.45) is 0 Å². The minimum atomic E-state index is -0.411. The van der Waals surface area contributed by atoms with Gasteiger partial charge in [0.15, 0.2) is 0 Å². The zero-order valence-electron chi connectivity index (χ0n) is 10.0. The predicted molar refractivity (Wildman–Crippen MR) is 72.6 cm³/mol. The highest BCUT2D eigenvalue weighted by atomic mass is 79.9. The van der Waals surface area contributed by atoms with Crippen molar-refractivity contribution >= 4 is 33.4 Å². The van der Waals surface area contributed by atoms with E-state index in [4.69, 9.17) is 16.3 Å². The molecule has 94 valence electrons. The predicted octanol–water partition coefficient (Wildman–Crippen LogP) is 3.26. The van der Waals surface area contributed by atoms with E-state index >= 15 is 0 Å². The Kier molecular flexibility index (Phi) is 4.98. The fourth-order valence-electron chi connectivity index (χ4n) is 1.41. The molecule has 0 saturated carbocycles. The Hall–Kier alpha value is -0.580. The normalized spacial score (nSPS) is 11.4. The summed E-state index contributed by atoms with van der Waals surface area (Å²) >= 11 is 9.22. The van der Waals surface area contributed by atoms with Crippen LogP contribution >= 0.6 is 27.5 Å². The maximum Gasteiger partial charge on any atom is 0.251 e. The number of methoxy groups -OCH3 is 1. The molecule has 0 spiro atoms. The summed E-state index contributed by atoms with van der Waals surface area (Å²) in [7, 11) is 1.60. The van der Waals surface area contributed by atoms with Crippen LogP contribution in [0.3, 0.4) is 0 Å². The average molecular weight is 321 g/mol. The lowest BCUT2D eigenvalue weighted by molar-refractivity contribution is 0.0820. The SMILES string of the molecule is COCC(C)(C)NC(=O)c1ccc(Br)c(Cl)c1. The largest absolute Gasteiger partial charge is 0.382 e. The topological polar surface area (TPSA) is 38.3 Å². The van der Waals surface area contributed by atoms with Gasteiger partial charge in [0, 0.05) is 17.1 Å². The van der Waals surface area contributed by atoms with Crippen molar-refractivity contribution in [1.29, 1.82) is 0 Å². The number of halogens is 2. The summed E-state index contributed by atoms with van der Waals surface area (Å²) in [6.45, 7) is 4.24. The summed E-state index contributed by atoms with van der Waals surface area (Å²) in [5.41, 5.74) is 0.119. The van der Waals surface area contributed by atoms with Gasteiger partial charge >= 0.3 is 0 Å². The Morgan fingerprint density at radius 1 is 1.53 bits per heavy atom. The van der Waals surface area contributed by atoms with Gasteiger partial charge in [-0.1, -0.05) is 11.6 Å². The Morgan fingerprint density at radius 3 is 2.71 bits per heavy atom. The van der Waals surface area contributed by atoms with Gasteiger partial charge < -0.3 is 10.1 Å². The molecule has 0 aliphatic rings. The number of carbonyl (C=O) groups excluding carboxylic acids is 1. The first-order chi connectivity index (χ1) is 7.85. The standard InChI is InChI=1S/C12H15BrClNO2/c1-12(2,7-17-3)15-11(16)8-4-5-9(13)10(14)6-8/h4-6H,7H2,1-3H3,(H,15,16). The van der Waals surface area contributed by atoms with Crippen LogP contribution in [-0.4, -0.2) is 25.2 Å². The summed E-state index contributed by atoms with van der Waals surface area (Å²) in [5, 5.41) is 3.40. The van der Waals surface area contributed by atoms with Crippen molar-refractivity contribution in [1.82, 2.24) is 5.32 Å². The molecule has 0 saturated heterocycles. The lowest BCUT2D eigenvalue weighted by Crippen LogP contribution is -2.46. The Labute approximate surface area is 115 Å². The molecule has 0 aromatic heterocycles. The number of benzene rings is 1. The molecule has 0 fully saturated rings. The Morgan fingerprint density at radius 2 is 2.18 bits per heavy atom. The molecule has 1 rings (SSSR count). The molecule has 1 amide bonds. The molecule has 0 aliphatic carbocycles. The van der Waals surface area contributed by atoms with Gasteiger partial charge in [-0.3, -0.25) is 4.79 Å². The highest BCUT2D eigenvalue weighted by Gasteiger charge is 2.21. The molecule has 5 heteroatoms. The first kappa shape index (κ1) is 14.5. The van der Waals surface area contributed by atoms with E-state index < -0.39 is 5.54 Å². The van der Waals surface area contributed by atoms with E-state index in [9.17, 15) is 4.79 Å². The van der Waals surface area contributed by atoms with E-state index in [2.05, 4.69) is 21.2 Å². The van der Waals surface area contributed by atoms with Crippen molar-refractivity contribution in [3.63, 3.8) is 0 Å². The van der Waals surface area contributed by atoms with Crippen LogP contribution in [0.5, 0.6) is 0 Å². The number of carbonyl (C=O) groups is 1. The zero-order chi connectivity index (χ0) is 13.1. The molecule has 0 radical (unpaired) electrons. The van der Waals surface area contributed by atoms with Crippen molar-refractivity contribution in [3.05, 3.63) is 33.3 Å². The van der Waals surface area contributed by atoms with Crippen molar-refractivity contribution in [2.75, 3.05) is 13.7 Å². The van der Waals surface area contributed by atoms with Crippen LogP contribution < -0.4 is 5.32 Å². The van der Waals surface area contributed by atoms with Crippen LogP contribution in [0, 0.1) is 0 Å². The molecule has 1 N–H and O–H groups in total. The van der Waals surface area contributed by atoms with Crippen molar-refractivity contribution < 1.29 is 9.53 Å². The van der Waals surface area contributed by atoms with Crippen LogP contribution in [0.25, 0.3) is 0 Å². The molecule has 0 bridgehead atoms. The first-order valence-electron chi connectivity index (χ1n) is 5.12. The van der Waals surface area contributed by atoms with Crippen molar-refractivity contribution in [2.45, 2.75) is 19.4 Å². The molecule has 1 aromatic rings. The van der Waals surface area contributed by atoms with E-state index in [1.54, 1.807) is 25.3 Å². The number of rotatable bonds is 4. The maximum atomic E-state index is 12.0. The zero-order valence-corrected chi connectivity index (χ0v) is 12.4. The summed E-state index contributed by atoms with van der Waals surface area (Å²) < 4.78 is 5.81. The molecule has 0 atom stereocenters. The van der Waals surface area contributed by atoms with E-state index in [1.165, 1.54) is 0 Å². The minimum Gasteiger partial charge on any atom is -0.382 e. The third-order valence-corrected chi connectivity index (χ3v) is 3.37. The van der Waals surface area contributed by atoms with E-state index in [1.807, 2.05) is 13.8 Å². The Bertz CT molecular complexity index is 421. The molecule has 0 unspecified atom stereocenters. The lowest BCUT2D eigenvalue weighted by Gasteiger charge is -2.25. The second-order valence-corrected chi connectivity index (χ2v) is 5.66. The number of ether oxygens (including phenoxy) is 1. The van der Waals surface area contributed by atoms with Gasteiger partial charge in [-0.05, 0) is 48.0 Å². The van der Waals surface area contributed by atoms with Gasteiger partial charge in [0.25, 0.3) is 5.91 Å². The van der Waals surface area contributed by atoms with Gasteiger partial charge in [-0.2, -0.15) is 0 Å². The molecule has 0 aliphatic heterocycles. The fourth-order valence-corrected chi connectivity index (χ4v) is 1.84. The van der Waals surface area contributed by atoms with Crippen molar-refractivity contribution in [3.8, 4) is 0 Å². The third kappa shape index (κ3) is 4.30. The van der Waals surface area contributed by atoms with Gasteiger partial charge in [0.05, 0.1) is 17.2 Å². The molecular formula is C12H15BrClNO2. The summed E-state index contributed by atoms with van der Waals surface area (Å²) in [5.74, 6) is -0.165. The highest BCUT2D eigenvalue weighted by Crippen LogP contribution is 2.23. The number of nitrogens with one attached hydrogen (secondary N) is 1. The van der Waals surface area contributed by atoms with Crippen LogP contribution in [0.15, 0.2) is 22.7 Å². The van der Waals surface area contributed by atoms with Crippen LogP contribution in [0.2, 0.25) is 5.02 Å². The number of hydrogen-bond donors (Lipinski definition) is 1. The summed E-state index contributed by atoms with van der Waals surface area (Å²) in [4.78, 5) is 12.0. The Balaban J connectivity index is 2.80.